The molecule has 2 aliphatic rings. The minimum atomic E-state index is -2.12. The number of fused-ring (bicyclic) bond motifs is 5. The predicted octanol–water partition coefficient (Wildman–Crippen LogP) is 12.4. The molecule has 6 heteroatoms. The van der Waals surface area contributed by atoms with Gasteiger partial charge in [0.05, 0.1) is 0 Å². The quantitative estimate of drug-likeness (QED) is 0.192. The van der Waals surface area contributed by atoms with Crippen LogP contribution in [0.1, 0.15) is 138 Å². The first-order valence-electron chi connectivity index (χ1n) is 17.0. The van der Waals surface area contributed by atoms with Crippen LogP contribution in [0.15, 0.2) is 24.3 Å². The molecule has 0 aromatic heterocycles. The minimum absolute atomic E-state index is 0.0451. The van der Waals surface area contributed by atoms with Gasteiger partial charge in [-0.2, -0.15) is 0 Å². The van der Waals surface area contributed by atoms with E-state index in [0.717, 1.165) is 13.2 Å². The van der Waals surface area contributed by atoms with Crippen molar-refractivity contribution in [3.63, 3.8) is 0 Å². The molecule has 0 unspecified atom stereocenters. The van der Waals surface area contributed by atoms with Crippen LogP contribution in [0.4, 0.5) is 0 Å². The Morgan fingerprint density at radius 3 is 1.22 bits per heavy atom. The van der Waals surface area contributed by atoms with Crippen molar-refractivity contribution in [2.24, 2.45) is 0 Å². The third-order valence-electron chi connectivity index (χ3n) is 10.4. The van der Waals surface area contributed by atoms with Crippen LogP contribution in [-0.4, -0.2) is 27.0 Å². The molecule has 0 saturated carbocycles. The Kier molecular flexibility index (Phi) is 12.3. The van der Waals surface area contributed by atoms with Crippen LogP contribution in [0, 0.1) is 0 Å². The van der Waals surface area contributed by atoms with Crippen LogP contribution in [0.5, 0.6) is 0 Å². The molecular formula is C39H61Cl2NOSiZr. The van der Waals surface area contributed by atoms with Gasteiger partial charge in [-0.25, -0.2) is 0 Å². The van der Waals surface area contributed by atoms with E-state index in [1.807, 2.05) is 13.8 Å². The first-order chi connectivity index (χ1) is 20.5. The van der Waals surface area contributed by atoms with E-state index >= 15 is 0 Å². The first kappa shape index (κ1) is 39.3. The number of ether oxygens (including phenoxy) is 1. The Balaban J connectivity index is 0.000000620. The van der Waals surface area contributed by atoms with E-state index in [1.54, 1.807) is 27.4 Å². The molecule has 2 nitrogen and oxygen atoms in total. The van der Waals surface area contributed by atoms with Gasteiger partial charge < -0.3 is 9.72 Å². The Morgan fingerprint density at radius 2 is 0.978 bits per heavy atom. The molecule has 3 aromatic rings. The number of hydrogen-bond donors (Lipinski definition) is 0. The van der Waals surface area contributed by atoms with Gasteiger partial charge in [0, 0.05) is 13.2 Å². The van der Waals surface area contributed by atoms with Crippen molar-refractivity contribution in [3.8, 4) is 0 Å². The van der Waals surface area contributed by atoms with Crippen LogP contribution >= 0.6 is 17.0 Å². The predicted molar refractivity (Wildman–Crippen MR) is 202 cm³/mol. The summed E-state index contributed by atoms with van der Waals surface area (Å²) in [6.07, 6.45) is 5.00. The van der Waals surface area contributed by atoms with Crippen molar-refractivity contribution in [3.05, 3.63) is 51.5 Å². The molecule has 5 rings (SSSR count). The molecule has 45 heavy (non-hydrogen) atoms. The number of hydrogen-bond acceptors (Lipinski definition) is 1. The van der Waals surface area contributed by atoms with E-state index in [-0.39, 0.29) is 27.2 Å². The van der Waals surface area contributed by atoms with E-state index in [9.17, 15) is 0 Å². The van der Waals surface area contributed by atoms with Gasteiger partial charge in [0.25, 0.3) is 0 Å². The van der Waals surface area contributed by atoms with Crippen molar-refractivity contribution in [1.29, 1.82) is 0 Å². The van der Waals surface area contributed by atoms with Gasteiger partial charge in [0.2, 0.25) is 0 Å². The van der Waals surface area contributed by atoms with Crippen molar-refractivity contribution in [1.82, 2.24) is 0 Å². The van der Waals surface area contributed by atoms with Crippen molar-refractivity contribution < 1.29 is 25.6 Å². The third kappa shape index (κ3) is 8.38. The fourth-order valence-corrected chi connectivity index (χ4v) is 11.5. The van der Waals surface area contributed by atoms with E-state index in [1.165, 1.54) is 47.2 Å². The molecule has 0 atom stereocenters. The van der Waals surface area contributed by atoms with Crippen LogP contribution in [0.2, 0.25) is 13.1 Å². The monoisotopic (exact) mass is 747 g/mol. The molecule has 250 valence electrons. The zero-order chi connectivity index (χ0) is 34.4. The molecule has 2 aliphatic carbocycles. The number of nitrogens with zero attached hydrogens (tertiary/aromatic N) is 1. The normalized spacial score (nSPS) is 19.4. The topological polar surface area (TPSA) is 23.3 Å². The van der Waals surface area contributed by atoms with Crippen molar-refractivity contribution in [2.45, 2.75) is 156 Å². The van der Waals surface area contributed by atoms with Gasteiger partial charge in [-0.1, -0.05) is 132 Å². The van der Waals surface area contributed by atoms with Crippen molar-refractivity contribution in [2.75, 3.05) is 13.2 Å². The summed E-state index contributed by atoms with van der Waals surface area (Å²) in [4.78, 5) is 5.58. The fraction of sp³-hybridized carbons (Fsp3) is 0.667. The second-order valence-electron chi connectivity index (χ2n) is 17.5. The summed E-state index contributed by atoms with van der Waals surface area (Å²) in [5.74, 6) is 0. The molecule has 0 radical (unpaired) electrons. The molecule has 0 bridgehead atoms. The zero-order valence-corrected chi connectivity index (χ0v) is 36.1. The summed E-state index contributed by atoms with van der Waals surface area (Å²) in [6, 6.07) is 10.5. The molecule has 0 aliphatic heterocycles. The van der Waals surface area contributed by atoms with E-state index in [0.29, 0.717) is 0 Å². The summed E-state index contributed by atoms with van der Waals surface area (Å²) in [6.45, 7) is 37.1. The van der Waals surface area contributed by atoms with Gasteiger partial charge in [-0.05, 0) is 61.2 Å². The maximum absolute atomic E-state index is 5.58. The summed E-state index contributed by atoms with van der Waals surface area (Å²) in [5.41, 5.74) is 7.06. The Morgan fingerprint density at radius 1 is 0.689 bits per heavy atom. The summed E-state index contributed by atoms with van der Waals surface area (Å²) >= 11 is -0.826. The van der Waals surface area contributed by atoms with Crippen LogP contribution in [0.25, 0.3) is 26.5 Å². The molecule has 3 aromatic carbocycles. The molecule has 0 heterocycles. The van der Waals surface area contributed by atoms with E-state index in [2.05, 4.69) is 114 Å². The average molecular weight is 750 g/mol. The Labute approximate surface area is 296 Å². The van der Waals surface area contributed by atoms with Crippen molar-refractivity contribution >= 4 is 52.0 Å². The van der Waals surface area contributed by atoms with E-state index in [4.69, 9.17) is 26.7 Å². The number of benzene rings is 2. The fourth-order valence-electron chi connectivity index (χ4n) is 7.99. The molecular weight excluding hydrogens is 689 g/mol. The maximum atomic E-state index is 5.58. The van der Waals surface area contributed by atoms with Crippen LogP contribution < -0.4 is 5.19 Å². The van der Waals surface area contributed by atoms with Gasteiger partial charge in [0.15, 0.2) is 0 Å². The molecule has 0 N–H and O–H groups in total. The molecule has 0 saturated heterocycles. The molecule has 0 amide bonds. The summed E-state index contributed by atoms with van der Waals surface area (Å²) in [5, 5.41) is 7.49. The summed E-state index contributed by atoms with van der Waals surface area (Å²) < 4.78 is 4.83. The molecule has 0 fully saturated rings. The Bertz CT molecular complexity index is 1400. The van der Waals surface area contributed by atoms with Gasteiger partial charge >= 0.3 is 37.9 Å². The van der Waals surface area contributed by atoms with Crippen LogP contribution in [0.3, 0.4) is 0 Å². The number of rotatable bonds is 4. The van der Waals surface area contributed by atoms with Crippen LogP contribution in [-0.2, 0) is 47.2 Å². The summed E-state index contributed by atoms with van der Waals surface area (Å²) in [7, 11) is 7.75. The zero-order valence-electron chi connectivity index (χ0n) is 31.2. The second kappa shape index (κ2) is 14.0. The van der Waals surface area contributed by atoms with Gasteiger partial charge in [-0.15, -0.1) is 44.4 Å². The SMILES string of the molecule is CC(C)(C)[N-][Si](C)(C)[c-]1c2cc3c(cc2c2cc4c(cc21)C(C)(C)CCC4(C)C)C(C)(C)CCC3(C)C.CCOCC.[Cl][Zr+2][Cl]. The average Bonchev–Trinajstić information content (AvgIpc) is 3.22. The Hall–Kier alpha value is -0.0900. The third-order valence-corrected chi connectivity index (χ3v) is 13.4. The second-order valence-corrected chi connectivity index (χ2v) is 25.1. The van der Waals surface area contributed by atoms with E-state index < -0.39 is 29.1 Å². The standard InChI is InChI=1S/C35H51NSi.C4H10O.2ClH.Zr/c1-31(2,3)36-37(12,13)30-24-20-28-26(32(4,5)14-16-34(28,8)9)18-22(24)23-19-27-29(21-25(23)30)35(10,11)17-15-33(27,6)7;1-3-5-4-2;;;/h18-21H,14-17H2,1-13H3;3-4H2,1-2H3;2*1H;/q-2;;;;+4/p-2. The first-order valence-corrected chi connectivity index (χ1v) is 26.3. The van der Waals surface area contributed by atoms with Gasteiger partial charge in [0.1, 0.15) is 0 Å². The number of halogens is 2. The van der Waals surface area contributed by atoms with Gasteiger partial charge in [-0.3, -0.25) is 0 Å². The molecule has 0 spiro atoms.